The van der Waals surface area contributed by atoms with E-state index in [2.05, 4.69) is 173 Å². The Bertz CT molecular complexity index is 2610. The molecule has 3 aliphatic carbocycles. The van der Waals surface area contributed by atoms with Gasteiger partial charge in [-0.3, -0.25) is 0 Å². The molecule has 0 N–H and O–H groups in total. The number of aromatic nitrogens is 1. The van der Waals surface area contributed by atoms with E-state index in [-0.39, 0.29) is 6.04 Å². The molecule has 0 fully saturated rings. The van der Waals surface area contributed by atoms with Gasteiger partial charge in [-0.25, -0.2) is 0 Å². The molecular weight excluding hydrogens is 621 g/mol. The van der Waals surface area contributed by atoms with Crippen molar-refractivity contribution < 1.29 is 4.42 Å². The Kier molecular flexibility index (Phi) is 7.23. The Balaban J connectivity index is 1.12. The quantitative estimate of drug-likeness (QED) is 0.177. The van der Waals surface area contributed by atoms with Crippen molar-refractivity contribution in [2.75, 3.05) is 4.90 Å². The molecule has 2 aromatic heterocycles. The number of allylic oxidation sites excluding steroid dienone is 7. The van der Waals surface area contributed by atoms with E-state index < -0.39 is 0 Å². The van der Waals surface area contributed by atoms with Gasteiger partial charge in [-0.1, -0.05) is 121 Å². The Morgan fingerprint density at radius 3 is 2.25 bits per heavy atom. The minimum atomic E-state index is 0.160. The molecule has 0 spiro atoms. The maximum absolute atomic E-state index is 6.68. The van der Waals surface area contributed by atoms with Gasteiger partial charge in [0.1, 0.15) is 5.58 Å². The summed E-state index contributed by atoms with van der Waals surface area (Å²) in [5.41, 5.74) is 14.3. The summed E-state index contributed by atoms with van der Waals surface area (Å²) in [6, 6.07) is 42.1. The summed E-state index contributed by atoms with van der Waals surface area (Å²) in [6.07, 6.45) is 23.7. The number of furan rings is 1. The maximum atomic E-state index is 6.68. The van der Waals surface area contributed by atoms with Gasteiger partial charge in [-0.15, -0.1) is 0 Å². The van der Waals surface area contributed by atoms with Crippen LogP contribution in [0, 0.1) is 0 Å². The molecule has 3 aliphatic rings. The minimum Gasteiger partial charge on any atom is -0.454 e. The first-order valence-corrected chi connectivity index (χ1v) is 18.2. The zero-order valence-corrected chi connectivity index (χ0v) is 28.5. The number of para-hydroxylation sites is 1. The SMILES string of the molecule is C1=CC(c2ccc(N(c3cccc(-n4c5c(c6ccc7c8ccccc8oc7c64)C=CCC5)c3)C3C=CC(c4ccccc4)=CC3)cc2)=CCC1. The molecule has 51 heavy (non-hydrogen) atoms. The van der Waals surface area contributed by atoms with Crippen LogP contribution in [-0.2, 0) is 6.42 Å². The number of anilines is 2. The number of rotatable bonds is 6. The van der Waals surface area contributed by atoms with Crippen molar-refractivity contribution in [2.45, 2.75) is 38.1 Å². The zero-order chi connectivity index (χ0) is 33.7. The first-order valence-electron chi connectivity index (χ1n) is 18.2. The predicted molar refractivity (Wildman–Crippen MR) is 215 cm³/mol. The summed E-state index contributed by atoms with van der Waals surface area (Å²) in [5, 5.41) is 3.56. The lowest BCUT2D eigenvalue weighted by Gasteiger charge is -2.34. The van der Waals surface area contributed by atoms with Crippen LogP contribution in [-0.4, -0.2) is 10.6 Å². The molecule has 0 aliphatic heterocycles. The van der Waals surface area contributed by atoms with Crippen LogP contribution in [0.4, 0.5) is 11.4 Å². The number of hydrogen-bond acceptors (Lipinski definition) is 2. The summed E-state index contributed by atoms with van der Waals surface area (Å²) in [7, 11) is 0. The van der Waals surface area contributed by atoms with E-state index in [0.717, 1.165) is 65.2 Å². The molecule has 0 saturated carbocycles. The summed E-state index contributed by atoms with van der Waals surface area (Å²) < 4.78 is 9.16. The molecule has 7 aromatic rings. The van der Waals surface area contributed by atoms with E-state index >= 15 is 0 Å². The average molecular weight is 659 g/mol. The first kappa shape index (κ1) is 29.8. The first-order chi connectivity index (χ1) is 25.3. The van der Waals surface area contributed by atoms with E-state index in [4.69, 9.17) is 4.42 Å². The van der Waals surface area contributed by atoms with Gasteiger partial charge in [-0.05, 0) is 96.8 Å². The van der Waals surface area contributed by atoms with Gasteiger partial charge in [-0.2, -0.15) is 0 Å². The molecule has 1 unspecified atom stereocenters. The standard InChI is InChI=1S/C48H38N2O/c1-3-12-33(13-4-1)35-22-26-37(27-23-35)49(38-28-24-36(25-29-38)34-14-5-2-6-15-34)39-16-11-17-40(32-39)50-45-20-9-7-18-41(45)43-30-31-44-42-19-8-10-21-46(42)51-48(44)47(43)50/h1,3-5,7-8,10-19,21-26,28-32,37H,2,6,9,20,27H2. The van der Waals surface area contributed by atoms with E-state index in [1.54, 1.807) is 0 Å². The van der Waals surface area contributed by atoms with Crippen LogP contribution in [0.2, 0.25) is 0 Å². The zero-order valence-electron chi connectivity index (χ0n) is 28.5. The topological polar surface area (TPSA) is 21.3 Å². The molecule has 1 atom stereocenters. The Morgan fingerprint density at radius 2 is 1.41 bits per heavy atom. The van der Waals surface area contributed by atoms with Crippen molar-refractivity contribution in [3.63, 3.8) is 0 Å². The fourth-order valence-electron chi connectivity index (χ4n) is 8.36. The van der Waals surface area contributed by atoms with Gasteiger partial charge in [0, 0.05) is 44.5 Å². The van der Waals surface area contributed by atoms with E-state index in [0.29, 0.717) is 0 Å². The van der Waals surface area contributed by atoms with E-state index in [1.807, 2.05) is 0 Å². The van der Waals surface area contributed by atoms with Crippen molar-refractivity contribution in [1.29, 1.82) is 0 Å². The molecule has 0 saturated heterocycles. The lowest BCUT2D eigenvalue weighted by molar-refractivity contribution is 0.670. The Morgan fingerprint density at radius 1 is 0.608 bits per heavy atom. The van der Waals surface area contributed by atoms with Gasteiger partial charge in [0.05, 0.1) is 11.6 Å². The smallest absolute Gasteiger partial charge is 0.160 e. The third-order valence-electron chi connectivity index (χ3n) is 10.8. The number of hydrogen-bond donors (Lipinski definition) is 0. The molecule has 5 aromatic carbocycles. The highest BCUT2D eigenvalue weighted by molar-refractivity contribution is 6.16. The van der Waals surface area contributed by atoms with Crippen molar-refractivity contribution in [1.82, 2.24) is 4.57 Å². The van der Waals surface area contributed by atoms with Crippen molar-refractivity contribution in [3.05, 3.63) is 180 Å². The molecule has 3 nitrogen and oxygen atoms in total. The maximum Gasteiger partial charge on any atom is 0.160 e. The van der Waals surface area contributed by atoms with Gasteiger partial charge < -0.3 is 13.9 Å². The van der Waals surface area contributed by atoms with Crippen molar-refractivity contribution in [2.24, 2.45) is 0 Å². The monoisotopic (exact) mass is 658 g/mol. The van der Waals surface area contributed by atoms with Crippen LogP contribution >= 0.6 is 0 Å². The third kappa shape index (κ3) is 5.11. The number of nitrogens with zero attached hydrogens (tertiary/aromatic N) is 2. The van der Waals surface area contributed by atoms with Gasteiger partial charge in [0.2, 0.25) is 0 Å². The Hall–Kier alpha value is -6.06. The summed E-state index contributed by atoms with van der Waals surface area (Å²) in [4.78, 5) is 2.52. The fourth-order valence-corrected chi connectivity index (χ4v) is 8.36. The normalized spacial score (nSPS) is 16.8. The largest absolute Gasteiger partial charge is 0.454 e. The average Bonchev–Trinajstić information content (AvgIpc) is 3.76. The second-order valence-electron chi connectivity index (χ2n) is 13.8. The summed E-state index contributed by atoms with van der Waals surface area (Å²) in [5.74, 6) is 0. The molecule has 2 heterocycles. The van der Waals surface area contributed by atoms with Gasteiger partial charge in [0.15, 0.2) is 5.58 Å². The van der Waals surface area contributed by atoms with E-state index in [9.17, 15) is 0 Å². The minimum absolute atomic E-state index is 0.160. The summed E-state index contributed by atoms with van der Waals surface area (Å²) >= 11 is 0. The third-order valence-corrected chi connectivity index (χ3v) is 10.8. The Labute approximate surface area is 298 Å². The second-order valence-corrected chi connectivity index (χ2v) is 13.8. The summed E-state index contributed by atoms with van der Waals surface area (Å²) in [6.45, 7) is 0. The lowest BCUT2D eigenvalue weighted by Crippen LogP contribution is -2.30. The van der Waals surface area contributed by atoms with Crippen LogP contribution in [0.5, 0.6) is 0 Å². The van der Waals surface area contributed by atoms with Crippen LogP contribution in [0.25, 0.3) is 55.8 Å². The van der Waals surface area contributed by atoms with Crippen LogP contribution < -0.4 is 4.90 Å². The second kappa shape index (κ2) is 12.4. The fraction of sp³-hybridized carbons (Fsp3) is 0.125. The van der Waals surface area contributed by atoms with Crippen LogP contribution in [0.1, 0.15) is 48.1 Å². The molecule has 246 valence electrons. The molecule has 0 bridgehead atoms. The molecular formula is C48H38N2O. The molecule has 0 radical (unpaired) electrons. The van der Waals surface area contributed by atoms with Gasteiger partial charge in [0.25, 0.3) is 0 Å². The van der Waals surface area contributed by atoms with Gasteiger partial charge >= 0.3 is 0 Å². The highest BCUT2D eigenvalue weighted by Crippen LogP contribution is 2.42. The number of fused-ring (bicyclic) bond motifs is 7. The highest BCUT2D eigenvalue weighted by atomic mass is 16.3. The van der Waals surface area contributed by atoms with Crippen LogP contribution in [0.15, 0.2) is 162 Å². The highest BCUT2D eigenvalue weighted by Gasteiger charge is 2.25. The molecule has 3 heteroatoms. The molecule has 10 rings (SSSR count). The predicted octanol–water partition coefficient (Wildman–Crippen LogP) is 12.8. The van der Waals surface area contributed by atoms with Crippen molar-refractivity contribution in [3.8, 4) is 5.69 Å². The van der Waals surface area contributed by atoms with Crippen LogP contribution in [0.3, 0.4) is 0 Å². The van der Waals surface area contributed by atoms with E-state index in [1.165, 1.54) is 50.3 Å². The lowest BCUT2D eigenvalue weighted by atomic mass is 9.95. The number of benzene rings is 5. The van der Waals surface area contributed by atoms with Crippen molar-refractivity contribution >= 4 is 61.4 Å². The molecule has 0 amide bonds.